The van der Waals surface area contributed by atoms with Gasteiger partial charge in [-0.05, 0) is 52.3 Å². The zero-order chi connectivity index (χ0) is 23.8. The number of aromatic nitrogens is 1. The van der Waals surface area contributed by atoms with Gasteiger partial charge in [0.25, 0.3) is 0 Å². The summed E-state index contributed by atoms with van der Waals surface area (Å²) < 4.78 is 14.0. The standard InChI is InChI=1S/C31H29BNO2.Ir/c1-29(2)26-16-18-30(29,3)31(23-12-5-4-6-13-23)28(26)34-32(35-31)24-14-9-11-22(20-24)27-25-15-8-7-10-21(25)17-19-33-27;/h4-10,12-15,17,19-20,26,28H,16,18H2,1-3H3;/q-1;/t26-,28-,30-,31-;/m0./s1. The molecule has 183 valence electrons. The summed E-state index contributed by atoms with van der Waals surface area (Å²) in [6.45, 7) is 7.25. The fourth-order valence-electron chi connectivity index (χ4n) is 7.53. The smallest absolute Gasteiger partial charge is 0.402 e. The molecule has 3 nitrogen and oxygen atoms in total. The minimum absolute atomic E-state index is 0. The molecular weight excluding hydrogens is 621 g/mol. The first-order valence-electron chi connectivity index (χ1n) is 12.7. The number of hydrogen-bond donors (Lipinski definition) is 0. The molecular formula is C31H29BIrNO2-. The molecule has 7 rings (SSSR count). The molecule has 4 atom stereocenters. The summed E-state index contributed by atoms with van der Waals surface area (Å²) in [6.07, 6.45) is 4.25. The first-order valence-corrected chi connectivity index (χ1v) is 12.7. The number of hydrogen-bond acceptors (Lipinski definition) is 3. The van der Waals surface area contributed by atoms with Crippen molar-refractivity contribution in [3.63, 3.8) is 0 Å². The minimum Gasteiger partial charge on any atom is -0.402 e. The van der Waals surface area contributed by atoms with Gasteiger partial charge in [0.05, 0.1) is 6.10 Å². The molecule has 1 radical (unpaired) electrons. The van der Waals surface area contributed by atoms with E-state index in [2.05, 4.69) is 99.6 Å². The van der Waals surface area contributed by atoms with Crippen LogP contribution in [0, 0.1) is 22.8 Å². The van der Waals surface area contributed by atoms with Gasteiger partial charge in [0.1, 0.15) is 5.60 Å². The van der Waals surface area contributed by atoms with Crippen LogP contribution in [-0.4, -0.2) is 18.2 Å². The maximum absolute atomic E-state index is 7.14. The van der Waals surface area contributed by atoms with E-state index in [4.69, 9.17) is 14.3 Å². The van der Waals surface area contributed by atoms with E-state index in [9.17, 15) is 0 Å². The summed E-state index contributed by atoms with van der Waals surface area (Å²) in [5, 5.41) is 2.30. The van der Waals surface area contributed by atoms with Gasteiger partial charge < -0.3 is 14.3 Å². The molecule has 0 amide bonds. The Labute approximate surface area is 227 Å². The number of benzene rings is 3. The van der Waals surface area contributed by atoms with Gasteiger partial charge in [0.15, 0.2) is 0 Å². The molecule has 1 aromatic heterocycles. The Bertz CT molecular complexity index is 1440. The van der Waals surface area contributed by atoms with E-state index < -0.39 is 12.7 Å². The average Bonchev–Trinajstić information content (AvgIpc) is 3.45. The molecule has 2 saturated carbocycles. The Hall–Kier alpha value is -2.30. The van der Waals surface area contributed by atoms with Crippen LogP contribution in [0.1, 0.15) is 39.2 Å². The fourth-order valence-corrected chi connectivity index (χ4v) is 7.53. The summed E-state index contributed by atoms with van der Waals surface area (Å²) in [5.41, 5.74) is 3.85. The normalized spacial score (nSPS) is 29.8. The van der Waals surface area contributed by atoms with Gasteiger partial charge >= 0.3 is 7.12 Å². The molecule has 4 aromatic rings. The third-order valence-electron chi connectivity index (χ3n) is 9.68. The van der Waals surface area contributed by atoms with Crippen molar-refractivity contribution in [2.45, 2.75) is 45.3 Å². The van der Waals surface area contributed by atoms with Crippen LogP contribution in [0.3, 0.4) is 0 Å². The predicted octanol–water partition coefficient (Wildman–Crippen LogP) is 6.16. The van der Waals surface area contributed by atoms with E-state index >= 15 is 0 Å². The van der Waals surface area contributed by atoms with Crippen molar-refractivity contribution in [1.29, 1.82) is 0 Å². The maximum atomic E-state index is 7.14. The van der Waals surface area contributed by atoms with Crippen molar-refractivity contribution in [3.8, 4) is 11.3 Å². The molecule has 1 aliphatic heterocycles. The topological polar surface area (TPSA) is 31.4 Å². The van der Waals surface area contributed by atoms with E-state index in [0.717, 1.165) is 28.5 Å². The van der Waals surface area contributed by atoms with Crippen LogP contribution in [0.2, 0.25) is 0 Å². The molecule has 3 aliphatic rings. The first-order chi connectivity index (χ1) is 17.0. The summed E-state index contributed by atoms with van der Waals surface area (Å²) >= 11 is 0. The third kappa shape index (κ3) is 3.01. The van der Waals surface area contributed by atoms with Crippen LogP contribution < -0.4 is 5.46 Å². The Morgan fingerprint density at radius 3 is 2.58 bits per heavy atom. The molecule has 3 fully saturated rings. The molecule has 0 unspecified atom stereocenters. The van der Waals surface area contributed by atoms with Crippen LogP contribution in [0.25, 0.3) is 22.0 Å². The van der Waals surface area contributed by atoms with Crippen molar-refractivity contribution in [1.82, 2.24) is 4.98 Å². The Morgan fingerprint density at radius 2 is 1.75 bits per heavy atom. The molecule has 1 saturated heterocycles. The van der Waals surface area contributed by atoms with Crippen molar-refractivity contribution < 1.29 is 29.4 Å². The summed E-state index contributed by atoms with van der Waals surface area (Å²) in [4.78, 5) is 4.71. The summed E-state index contributed by atoms with van der Waals surface area (Å²) in [6, 6.07) is 30.8. The van der Waals surface area contributed by atoms with Gasteiger partial charge in [-0.15, -0.1) is 35.3 Å². The van der Waals surface area contributed by atoms with Gasteiger partial charge in [-0.25, -0.2) is 0 Å². The SMILES string of the molecule is CC1(C)[C@H]2CC[C@]1(C)[C@@]1(c3ccccc3)OB(c3cc[c-]c(-c4nccc5ccccc45)c3)O[C@@H]21.[Ir]. The van der Waals surface area contributed by atoms with E-state index in [-0.39, 0.29) is 37.0 Å². The Morgan fingerprint density at radius 1 is 0.972 bits per heavy atom. The number of pyridine rings is 1. The van der Waals surface area contributed by atoms with Gasteiger partial charge in [-0.2, -0.15) is 0 Å². The first kappa shape index (κ1) is 24.1. The zero-order valence-corrected chi connectivity index (χ0v) is 23.2. The van der Waals surface area contributed by atoms with Gasteiger partial charge in [-0.3, -0.25) is 0 Å². The molecule has 2 heterocycles. The summed E-state index contributed by atoms with van der Waals surface area (Å²) in [7, 11) is -0.417. The van der Waals surface area contributed by atoms with Crippen LogP contribution >= 0.6 is 0 Å². The molecule has 36 heavy (non-hydrogen) atoms. The number of nitrogens with zero attached hydrogens (tertiary/aromatic N) is 1. The van der Waals surface area contributed by atoms with Crippen molar-refractivity contribution in [3.05, 3.63) is 96.7 Å². The second kappa shape index (κ2) is 8.36. The minimum atomic E-state index is -0.456. The Balaban J connectivity index is 0.00000240. The zero-order valence-electron chi connectivity index (χ0n) is 20.8. The largest absolute Gasteiger partial charge is 0.475 e. The average molecular weight is 651 g/mol. The van der Waals surface area contributed by atoms with Crippen LogP contribution in [0.4, 0.5) is 0 Å². The second-order valence-corrected chi connectivity index (χ2v) is 11.2. The fraction of sp³-hybridized carbons (Fsp3) is 0.323. The molecule has 0 spiro atoms. The van der Waals surface area contributed by atoms with E-state index in [0.29, 0.717) is 5.92 Å². The second-order valence-electron chi connectivity index (χ2n) is 11.2. The quantitative estimate of drug-likeness (QED) is 0.197. The van der Waals surface area contributed by atoms with E-state index in [1.165, 1.54) is 17.4 Å². The van der Waals surface area contributed by atoms with Crippen LogP contribution in [0.5, 0.6) is 0 Å². The molecule has 3 aromatic carbocycles. The molecule has 2 aliphatic carbocycles. The monoisotopic (exact) mass is 651 g/mol. The van der Waals surface area contributed by atoms with Gasteiger partial charge in [0.2, 0.25) is 0 Å². The molecule has 5 heteroatoms. The van der Waals surface area contributed by atoms with Gasteiger partial charge in [-0.1, -0.05) is 75.4 Å². The third-order valence-corrected chi connectivity index (χ3v) is 9.68. The number of rotatable bonds is 3. The maximum Gasteiger partial charge on any atom is 0.475 e. The van der Waals surface area contributed by atoms with Crippen LogP contribution in [0.15, 0.2) is 85.1 Å². The van der Waals surface area contributed by atoms with E-state index in [1.54, 1.807) is 0 Å². The molecule has 2 bridgehead atoms. The van der Waals surface area contributed by atoms with E-state index in [1.807, 2.05) is 12.3 Å². The van der Waals surface area contributed by atoms with Crippen molar-refractivity contribution in [2.24, 2.45) is 16.7 Å². The van der Waals surface area contributed by atoms with Crippen LogP contribution in [-0.2, 0) is 35.0 Å². The summed E-state index contributed by atoms with van der Waals surface area (Å²) in [5.74, 6) is 0.465. The van der Waals surface area contributed by atoms with Crippen molar-refractivity contribution in [2.75, 3.05) is 0 Å². The number of fused-ring (bicyclic) bond motifs is 6. The molecule has 0 N–H and O–H groups in total. The Kier molecular flexibility index (Phi) is 5.59. The van der Waals surface area contributed by atoms with Gasteiger partial charge in [0, 0.05) is 31.7 Å². The van der Waals surface area contributed by atoms with Crippen molar-refractivity contribution >= 4 is 23.4 Å². The predicted molar refractivity (Wildman–Crippen MR) is 140 cm³/mol.